The Bertz CT molecular complexity index is 798. The molecule has 0 unspecified atom stereocenters. The summed E-state index contributed by atoms with van der Waals surface area (Å²) >= 11 is 8.14. The normalized spacial score (nSPS) is 12.7. The smallest absolute Gasteiger partial charge is 0.0607 e. The van der Waals surface area contributed by atoms with Gasteiger partial charge in [0.2, 0.25) is 0 Å². The van der Waals surface area contributed by atoms with Gasteiger partial charge in [-0.25, -0.2) is 0 Å². The lowest BCUT2D eigenvalue weighted by atomic mass is 10.1. The van der Waals surface area contributed by atoms with Gasteiger partial charge in [-0.3, -0.25) is 0 Å². The van der Waals surface area contributed by atoms with Crippen LogP contribution >= 0.6 is 23.4 Å². The van der Waals surface area contributed by atoms with Crippen LogP contribution < -0.4 is 5.32 Å². The Morgan fingerprint density at radius 1 is 0.842 bits per heavy atom. The number of fused-ring (bicyclic) bond motifs is 4. The summed E-state index contributed by atoms with van der Waals surface area (Å²) in [4.78, 5) is 2.42. The van der Waals surface area contributed by atoms with Crippen molar-refractivity contribution in [3.63, 3.8) is 0 Å². The molecule has 0 aliphatic carbocycles. The number of benzene rings is 3. The van der Waals surface area contributed by atoms with E-state index in [1.54, 1.807) is 11.8 Å². The van der Waals surface area contributed by atoms with Gasteiger partial charge in [0.25, 0.3) is 0 Å². The lowest BCUT2D eigenvalue weighted by Crippen LogP contribution is -2.00. The predicted octanol–water partition coefficient (Wildman–Crippen LogP) is 5.70. The first-order chi connectivity index (χ1) is 9.33. The van der Waals surface area contributed by atoms with Crippen molar-refractivity contribution in [2.75, 3.05) is 5.32 Å². The van der Waals surface area contributed by atoms with Crippen molar-refractivity contribution < 1.29 is 0 Å². The van der Waals surface area contributed by atoms with Crippen molar-refractivity contribution in [2.24, 2.45) is 0 Å². The SMILES string of the molecule is Clc1cc2c(c3ccccc13)Nc1ccccc1S2. The zero-order valence-electron chi connectivity index (χ0n) is 9.98. The fraction of sp³-hybridized carbons (Fsp3) is 0. The molecule has 1 aliphatic heterocycles. The molecular weight excluding hydrogens is 274 g/mol. The third-order valence-electron chi connectivity index (χ3n) is 3.32. The highest BCUT2D eigenvalue weighted by atomic mass is 35.5. The van der Waals surface area contributed by atoms with Crippen molar-refractivity contribution in [1.29, 1.82) is 0 Å². The van der Waals surface area contributed by atoms with Crippen molar-refractivity contribution in [3.8, 4) is 0 Å². The summed E-state index contributed by atoms with van der Waals surface area (Å²) in [7, 11) is 0. The minimum Gasteiger partial charge on any atom is -0.353 e. The number of anilines is 2. The van der Waals surface area contributed by atoms with Gasteiger partial charge in [0.05, 0.1) is 11.4 Å². The molecular formula is C16H10ClNS. The third kappa shape index (κ3) is 1.71. The number of rotatable bonds is 0. The van der Waals surface area contributed by atoms with Crippen LogP contribution in [0.5, 0.6) is 0 Å². The minimum atomic E-state index is 0.808. The number of hydrogen-bond donors (Lipinski definition) is 1. The standard InChI is InChI=1S/C16H10ClNS/c17-12-9-15-16(11-6-2-1-5-10(11)12)18-13-7-3-4-8-14(13)19-15/h1-9,18H. The Morgan fingerprint density at radius 2 is 1.58 bits per heavy atom. The Balaban J connectivity index is 2.01. The van der Waals surface area contributed by atoms with E-state index in [1.165, 1.54) is 15.2 Å². The molecule has 1 aliphatic rings. The maximum atomic E-state index is 6.38. The predicted molar refractivity (Wildman–Crippen MR) is 82.8 cm³/mol. The van der Waals surface area contributed by atoms with E-state index in [9.17, 15) is 0 Å². The van der Waals surface area contributed by atoms with Gasteiger partial charge < -0.3 is 5.32 Å². The number of para-hydroxylation sites is 1. The molecule has 1 nitrogen and oxygen atoms in total. The molecule has 19 heavy (non-hydrogen) atoms. The van der Waals surface area contributed by atoms with Crippen LogP contribution in [0, 0.1) is 0 Å². The van der Waals surface area contributed by atoms with E-state index < -0.39 is 0 Å². The highest BCUT2D eigenvalue weighted by Gasteiger charge is 2.18. The largest absolute Gasteiger partial charge is 0.353 e. The van der Waals surface area contributed by atoms with Crippen LogP contribution in [0.25, 0.3) is 10.8 Å². The van der Waals surface area contributed by atoms with Crippen LogP contribution in [0.4, 0.5) is 11.4 Å². The van der Waals surface area contributed by atoms with Gasteiger partial charge in [-0.05, 0) is 18.2 Å². The van der Waals surface area contributed by atoms with Crippen molar-refractivity contribution in [1.82, 2.24) is 0 Å². The van der Waals surface area contributed by atoms with Crippen LogP contribution in [0.2, 0.25) is 5.02 Å². The monoisotopic (exact) mass is 283 g/mol. The maximum absolute atomic E-state index is 6.38. The molecule has 0 spiro atoms. The number of hydrogen-bond acceptors (Lipinski definition) is 2. The molecule has 0 radical (unpaired) electrons. The Labute approximate surface area is 120 Å². The molecule has 0 fully saturated rings. The Hall–Kier alpha value is -1.64. The van der Waals surface area contributed by atoms with Gasteiger partial charge in [-0.2, -0.15) is 0 Å². The van der Waals surface area contributed by atoms with Crippen LogP contribution in [-0.2, 0) is 0 Å². The molecule has 0 saturated carbocycles. The van der Waals surface area contributed by atoms with E-state index >= 15 is 0 Å². The fourth-order valence-electron chi connectivity index (χ4n) is 2.43. The molecule has 1 heterocycles. The van der Waals surface area contributed by atoms with Crippen LogP contribution in [-0.4, -0.2) is 0 Å². The summed E-state index contributed by atoms with van der Waals surface area (Å²) in [6.45, 7) is 0. The number of halogens is 1. The van der Waals surface area contributed by atoms with Gasteiger partial charge in [0.15, 0.2) is 0 Å². The minimum absolute atomic E-state index is 0.808. The topological polar surface area (TPSA) is 12.0 Å². The van der Waals surface area contributed by atoms with Gasteiger partial charge in [0, 0.05) is 25.6 Å². The lowest BCUT2D eigenvalue weighted by molar-refractivity contribution is 1.33. The van der Waals surface area contributed by atoms with Crippen LogP contribution in [0.1, 0.15) is 0 Å². The molecule has 3 heteroatoms. The summed E-state index contributed by atoms with van der Waals surface area (Å²) in [6, 6.07) is 18.6. The highest BCUT2D eigenvalue weighted by molar-refractivity contribution is 7.99. The van der Waals surface area contributed by atoms with Crippen molar-refractivity contribution in [2.45, 2.75) is 9.79 Å². The molecule has 1 N–H and O–H groups in total. The van der Waals surface area contributed by atoms with Crippen molar-refractivity contribution in [3.05, 3.63) is 59.6 Å². The second-order valence-corrected chi connectivity index (χ2v) is 5.99. The van der Waals surface area contributed by atoms with E-state index in [0.717, 1.165) is 21.8 Å². The molecule has 3 aromatic carbocycles. The van der Waals surface area contributed by atoms with Crippen LogP contribution in [0.15, 0.2) is 64.4 Å². The second kappa shape index (κ2) is 4.19. The summed E-state index contributed by atoms with van der Waals surface area (Å²) in [5.41, 5.74) is 2.32. The van der Waals surface area contributed by atoms with Gasteiger partial charge in [-0.15, -0.1) is 0 Å². The summed E-state index contributed by atoms with van der Waals surface area (Å²) < 4.78 is 0. The second-order valence-electron chi connectivity index (χ2n) is 4.50. The Kier molecular flexibility index (Phi) is 2.47. The third-order valence-corrected chi connectivity index (χ3v) is 4.76. The fourth-order valence-corrected chi connectivity index (χ4v) is 3.82. The first kappa shape index (κ1) is 11.2. The average molecular weight is 284 g/mol. The molecule has 0 amide bonds. The molecule has 92 valence electrons. The van der Waals surface area contributed by atoms with E-state index in [2.05, 4.69) is 41.7 Å². The van der Waals surface area contributed by atoms with Crippen molar-refractivity contribution >= 4 is 45.5 Å². The first-order valence-electron chi connectivity index (χ1n) is 6.08. The molecule has 3 aromatic rings. The highest BCUT2D eigenvalue weighted by Crippen LogP contribution is 2.48. The van der Waals surface area contributed by atoms with E-state index in [1.807, 2.05) is 18.2 Å². The zero-order chi connectivity index (χ0) is 12.8. The first-order valence-corrected chi connectivity index (χ1v) is 7.27. The van der Waals surface area contributed by atoms with E-state index in [-0.39, 0.29) is 0 Å². The van der Waals surface area contributed by atoms with Crippen LogP contribution in [0.3, 0.4) is 0 Å². The zero-order valence-corrected chi connectivity index (χ0v) is 11.6. The van der Waals surface area contributed by atoms with Gasteiger partial charge in [0.1, 0.15) is 0 Å². The Morgan fingerprint density at radius 3 is 2.47 bits per heavy atom. The summed E-state index contributed by atoms with van der Waals surface area (Å²) in [5, 5.41) is 6.61. The van der Waals surface area contributed by atoms with E-state index in [4.69, 9.17) is 11.6 Å². The maximum Gasteiger partial charge on any atom is 0.0607 e. The molecule has 0 atom stereocenters. The summed E-state index contributed by atoms with van der Waals surface area (Å²) in [6.07, 6.45) is 0. The quantitative estimate of drug-likeness (QED) is 0.444. The average Bonchev–Trinajstić information content (AvgIpc) is 2.46. The van der Waals surface area contributed by atoms with E-state index in [0.29, 0.717) is 0 Å². The molecule has 0 saturated heterocycles. The van der Waals surface area contributed by atoms with Gasteiger partial charge in [-0.1, -0.05) is 59.8 Å². The summed E-state index contributed by atoms with van der Waals surface area (Å²) in [5.74, 6) is 0. The van der Waals surface area contributed by atoms with Gasteiger partial charge >= 0.3 is 0 Å². The molecule has 0 aromatic heterocycles. The lowest BCUT2D eigenvalue weighted by Gasteiger charge is -2.22. The number of nitrogens with one attached hydrogen (secondary N) is 1. The molecule has 0 bridgehead atoms. The molecule has 4 rings (SSSR count).